The molecule has 1 nitrogen and oxygen atoms in total. The number of alkyl halides is 1. The van der Waals surface area contributed by atoms with E-state index in [0.717, 1.165) is 25.2 Å². The Morgan fingerprint density at radius 2 is 1.00 bits per heavy atom. The average molecular weight is 323 g/mol. The zero-order chi connectivity index (χ0) is 15.1. The molecule has 0 aliphatic rings. The van der Waals surface area contributed by atoms with Crippen LogP contribution < -0.4 is 0 Å². The molecule has 0 unspecified atom stereocenters. The first-order valence-corrected chi connectivity index (χ1v) is 11.6. The molecule has 3 heteroatoms. The molecule has 0 spiro atoms. The van der Waals surface area contributed by atoms with Crippen LogP contribution in [0, 0.1) is 0 Å². The van der Waals surface area contributed by atoms with Crippen molar-refractivity contribution in [3.05, 3.63) is 0 Å². The maximum atomic E-state index is 12.6. The molecule has 0 saturated carbocycles. The van der Waals surface area contributed by atoms with Gasteiger partial charge in [-0.25, -0.2) is 0 Å². The van der Waals surface area contributed by atoms with Crippen molar-refractivity contribution in [2.75, 3.05) is 17.9 Å². The van der Waals surface area contributed by atoms with Crippen LogP contribution in [0.5, 0.6) is 0 Å². The minimum absolute atomic E-state index is 0.400. The van der Waals surface area contributed by atoms with E-state index in [0.29, 0.717) is 5.62 Å². The van der Waals surface area contributed by atoms with Crippen molar-refractivity contribution in [1.29, 1.82) is 0 Å². The molecule has 0 aromatic rings. The summed E-state index contributed by atoms with van der Waals surface area (Å²) in [5.41, 5.74) is 0.400. The van der Waals surface area contributed by atoms with E-state index in [2.05, 4.69) is 13.8 Å². The van der Waals surface area contributed by atoms with Gasteiger partial charge in [-0.2, -0.15) is 0 Å². The van der Waals surface area contributed by atoms with Crippen LogP contribution in [0.15, 0.2) is 0 Å². The Hall–Kier alpha value is 0.520. The second-order valence-electron chi connectivity index (χ2n) is 6.16. The van der Waals surface area contributed by atoms with E-state index < -0.39 is 7.14 Å². The smallest absolute Gasteiger partial charge is 0.102 e. The summed E-state index contributed by atoms with van der Waals surface area (Å²) in [5, 5.41) is 0. The summed E-state index contributed by atoms with van der Waals surface area (Å²) in [7, 11) is -2.05. The first-order valence-electron chi connectivity index (χ1n) is 8.81. The highest BCUT2D eigenvalue weighted by molar-refractivity contribution is 7.65. The molecule has 0 rings (SSSR count). The van der Waals surface area contributed by atoms with Gasteiger partial charge in [0.25, 0.3) is 0 Å². The lowest BCUT2D eigenvalue weighted by Gasteiger charge is -2.15. The summed E-state index contributed by atoms with van der Waals surface area (Å²) in [6, 6.07) is 0. The van der Waals surface area contributed by atoms with Gasteiger partial charge >= 0.3 is 0 Å². The monoisotopic (exact) mass is 322 g/mol. The molecule has 0 saturated heterocycles. The Balaban J connectivity index is 3.60. The van der Waals surface area contributed by atoms with Crippen molar-refractivity contribution in [1.82, 2.24) is 0 Å². The lowest BCUT2D eigenvalue weighted by Crippen LogP contribution is -1.98. The maximum absolute atomic E-state index is 12.6. The van der Waals surface area contributed by atoms with E-state index in [9.17, 15) is 4.57 Å². The normalized spacial score (nSPS) is 11.9. The molecule has 0 fully saturated rings. The van der Waals surface area contributed by atoms with Crippen LogP contribution >= 0.6 is 18.7 Å². The third-order valence-corrected chi connectivity index (χ3v) is 8.06. The van der Waals surface area contributed by atoms with E-state index >= 15 is 0 Å². The maximum Gasteiger partial charge on any atom is 0.102 e. The first-order chi connectivity index (χ1) is 9.68. The van der Waals surface area contributed by atoms with Crippen LogP contribution in [-0.2, 0) is 4.57 Å². The summed E-state index contributed by atoms with van der Waals surface area (Å²) >= 11 is 5.97. The number of rotatable bonds is 15. The van der Waals surface area contributed by atoms with Crippen molar-refractivity contribution in [2.45, 2.75) is 90.9 Å². The molecule has 0 N–H and O–H groups in total. The van der Waals surface area contributed by atoms with Crippen molar-refractivity contribution >= 4 is 18.7 Å². The molecular weight excluding hydrogens is 287 g/mol. The van der Waals surface area contributed by atoms with E-state index in [1.807, 2.05) is 0 Å². The van der Waals surface area contributed by atoms with Crippen molar-refractivity contribution in [3.8, 4) is 0 Å². The third-order valence-electron chi connectivity index (χ3n) is 4.06. The molecule has 122 valence electrons. The zero-order valence-corrected chi connectivity index (χ0v) is 15.5. The summed E-state index contributed by atoms with van der Waals surface area (Å²) in [6.07, 6.45) is 17.0. The Labute approximate surface area is 132 Å². The van der Waals surface area contributed by atoms with Crippen LogP contribution in [0.4, 0.5) is 0 Å². The van der Waals surface area contributed by atoms with Crippen LogP contribution in [0.3, 0.4) is 0 Å². The molecule has 0 aliphatic heterocycles. The number of unbranched alkanes of at least 4 members (excludes halogenated alkanes) is 10. The lowest BCUT2D eigenvalue weighted by molar-refractivity contribution is 0.564. The molecule has 0 atom stereocenters. The van der Waals surface area contributed by atoms with Gasteiger partial charge in [0.15, 0.2) is 0 Å². The summed E-state index contributed by atoms with van der Waals surface area (Å²) in [4.78, 5) is 0. The molecule has 0 amide bonds. The number of hydrogen-bond acceptors (Lipinski definition) is 1. The van der Waals surface area contributed by atoms with Crippen molar-refractivity contribution < 1.29 is 4.57 Å². The molecular formula is C17H36ClOP. The Morgan fingerprint density at radius 3 is 1.35 bits per heavy atom. The van der Waals surface area contributed by atoms with E-state index in [4.69, 9.17) is 11.6 Å². The summed E-state index contributed by atoms with van der Waals surface area (Å²) in [5.74, 6) is 0. The molecule has 0 aromatic heterocycles. The molecule has 0 aromatic carbocycles. The fourth-order valence-corrected chi connectivity index (χ4v) is 5.37. The van der Waals surface area contributed by atoms with Crippen molar-refractivity contribution in [3.63, 3.8) is 0 Å². The van der Waals surface area contributed by atoms with Crippen LogP contribution in [0.25, 0.3) is 0 Å². The van der Waals surface area contributed by atoms with Gasteiger partial charge < -0.3 is 4.57 Å². The Kier molecular flexibility index (Phi) is 14.8. The topological polar surface area (TPSA) is 17.1 Å². The van der Waals surface area contributed by atoms with Gasteiger partial charge in [0, 0.05) is 12.3 Å². The standard InChI is InChI=1S/C17H36ClOP/c1-3-5-7-9-11-13-15-20(19,17-18)16-14-12-10-8-6-4-2/h3-17H2,1-2H3. The predicted molar refractivity (Wildman–Crippen MR) is 94.8 cm³/mol. The molecule has 0 radical (unpaired) electrons. The highest BCUT2D eigenvalue weighted by Gasteiger charge is 2.19. The number of hydrogen-bond donors (Lipinski definition) is 0. The van der Waals surface area contributed by atoms with Gasteiger partial charge in [0.2, 0.25) is 0 Å². The second kappa shape index (κ2) is 14.5. The third kappa shape index (κ3) is 12.3. The second-order valence-corrected chi connectivity index (χ2v) is 10.1. The lowest BCUT2D eigenvalue weighted by atomic mass is 10.1. The highest BCUT2D eigenvalue weighted by atomic mass is 35.5. The summed E-state index contributed by atoms with van der Waals surface area (Å²) in [6.45, 7) is 4.48. The van der Waals surface area contributed by atoms with Crippen LogP contribution in [-0.4, -0.2) is 17.9 Å². The van der Waals surface area contributed by atoms with Gasteiger partial charge in [0.1, 0.15) is 7.14 Å². The van der Waals surface area contributed by atoms with E-state index in [1.54, 1.807) is 0 Å². The highest BCUT2D eigenvalue weighted by Crippen LogP contribution is 2.48. The van der Waals surface area contributed by atoms with Gasteiger partial charge in [0.05, 0.1) is 5.62 Å². The van der Waals surface area contributed by atoms with Gasteiger partial charge in [-0.05, 0) is 12.8 Å². The van der Waals surface area contributed by atoms with Crippen LogP contribution in [0.2, 0.25) is 0 Å². The zero-order valence-electron chi connectivity index (χ0n) is 13.8. The number of halogens is 1. The molecule has 0 aliphatic carbocycles. The fourth-order valence-electron chi connectivity index (χ4n) is 2.59. The van der Waals surface area contributed by atoms with Gasteiger partial charge in [-0.3, -0.25) is 0 Å². The van der Waals surface area contributed by atoms with Gasteiger partial charge in [-0.1, -0.05) is 78.1 Å². The molecule has 20 heavy (non-hydrogen) atoms. The van der Waals surface area contributed by atoms with E-state index in [-0.39, 0.29) is 0 Å². The first kappa shape index (κ1) is 20.5. The predicted octanol–water partition coefficient (Wildman–Crippen LogP) is 7.27. The largest absolute Gasteiger partial charge is 0.322 e. The fraction of sp³-hybridized carbons (Fsp3) is 1.00. The summed E-state index contributed by atoms with van der Waals surface area (Å²) < 4.78 is 12.6. The minimum atomic E-state index is -2.05. The Bertz CT molecular complexity index is 223. The molecule has 0 bridgehead atoms. The van der Waals surface area contributed by atoms with Crippen LogP contribution in [0.1, 0.15) is 90.9 Å². The van der Waals surface area contributed by atoms with Gasteiger partial charge in [-0.15, -0.1) is 11.6 Å². The average Bonchev–Trinajstić information content (AvgIpc) is 2.46. The Morgan fingerprint density at radius 1 is 0.650 bits per heavy atom. The van der Waals surface area contributed by atoms with E-state index in [1.165, 1.54) is 64.2 Å². The van der Waals surface area contributed by atoms with Crippen molar-refractivity contribution in [2.24, 2.45) is 0 Å². The molecule has 0 heterocycles. The SMILES string of the molecule is CCCCCCCCP(=O)(CCl)CCCCCCCC. The minimum Gasteiger partial charge on any atom is -0.322 e. The quantitative estimate of drug-likeness (QED) is 0.176.